The van der Waals surface area contributed by atoms with Gasteiger partial charge in [0.25, 0.3) is 0 Å². The number of nitrogens with one attached hydrogen (secondary N) is 1. The number of benzene rings is 2. The second kappa shape index (κ2) is 5.95. The van der Waals surface area contributed by atoms with Crippen molar-refractivity contribution in [1.82, 2.24) is 9.78 Å². The number of hydrogen-bond donors (Lipinski definition) is 1. The topological polar surface area (TPSA) is 46.9 Å². The van der Waals surface area contributed by atoms with Crippen molar-refractivity contribution in [2.75, 3.05) is 5.32 Å². The molecule has 1 aliphatic carbocycles. The number of hydrogen-bond acceptors (Lipinski definition) is 3. The zero-order valence-electron chi connectivity index (χ0n) is 16.2. The molecular weight excluding hydrogens is 334 g/mol. The predicted octanol–water partition coefficient (Wildman–Crippen LogP) is 4.74. The fourth-order valence-electron chi connectivity index (χ4n) is 4.41. The lowest BCUT2D eigenvalue weighted by Crippen LogP contribution is -2.17. The van der Waals surface area contributed by atoms with Gasteiger partial charge in [0.05, 0.1) is 11.2 Å². The van der Waals surface area contributed by atoms with Crippen LogP contribution in [0.4, 0.5) is 5.69 Å². The highest BCUT2D eigenvalue weighted by atomic mass is 16.1. The van der Waals surface area contributed by atoms with Crippen molar-refractivity contribution in [2.24, 2.45) is 7.05 Å². The fraction of sp³-hybridized carbons (Fsp3) is 0.391. The van der Waals surface area contributed by atoms with Gasteiger partial charge in [-0.15, -0.1) is 0 Å². The standard InChI is InChI=1S/C23H25N3O/c1-13-4-8-18(23-19(13)12-17(27)10-14(2)24-23)16-7-9-21-20(11-16)22(15-5-6-15)25-26(21)3/h4,7-9,11,14-15,24H,5-6,10,12H2,1-3H3/t14-/m1/s1. The van der Waals surface area contributed by atoms with Gasteiger partial charge in [0.1, 0.15) is 5.78 Å². The SMILES string of the molecule is Cc1ccc(-c2ccc3c(c2)c(C2CC2)nn3C)c2c1CC(=O)C[C@@H](C)N2. The average molecular weight is 359 g/mol. The van der Waals surface area contributed by atoms with Gasteiger partial charge in [-0.25, -0.2) is 0 Å². The Morgan fingerprint density at radius 2 is 2.00 bits per heavy atom. The summed E-state index contributed by atoms with van der Waals surface area (Å²) in [6.45, 7) is 4.19. The molecule has 1 saturated carbocycles. The number of carbonyl (C=O) groups excluding carboxylic acids is 1. The maximum Gasteiger partial charge on any atom is 0.139 e. The van der Waals surface area contributed by atoms with E-state index in [1.165, 1.54) is 46.1 Å². The van der Waals surface area contributed by atoms with Gasteiger partial charge in [-0.2, -0.15) is 5.10 Å². The second-order valence-electron chi connectivity index (χ2n) is 8.26. The minimum Gasteiger partial charge on any atom is -0.381 e. The number of fused-ring (bicyclic) bond motifs is 2. The average Bonchev–Trinajstić information content (AvgIpc) is 3.43. The molecule has 0 radical (unpaired) electrons. The molecule has 1 aromatic heterocycles. The van der Waals surface area contributed by atoms with Gasteiger partial charge in [0.2, 0.25) is 0 Å². The normalized spacial score (nSPS) is 19.7. The molecule has 1 atom stereocenters. The Hall–Kier alpha value is -2.62. The molecule has 1 N–H and O–H groups in total. The highest BCUT2D eigenvalue weighted by Gasteiger charge is 2.29. The van der Waals surface area contributed by atoms with Crippen molar-refractivity contribution in [2.45, 2.75) is 51.5 Å². The van der Waals surface area contributed by atoms with E-state index in [1.54, 1.807) is 0 Å². The maximum atomic E-state index is 12.3. The van der Waals surface area contributed by atoms with Crippen LogP contribution in [0.3, 0.4) is 0 Å². The first kappa shape index (κ1) is 16.5. The van der Waals surface area contributed by atoms with E-state index in [0.29, 0.717) is 24.5 Å². The van der Waals surface area contributed by atoms with E-state index in [-0.39, 0.29) is 6.04 Å². The summed E-state index contributed by atoms with van der Waals surface area (Å²) in [5.74, 6) is 0.933. The van der Waals surface area contributed by atoms with Crippen LogP contribution in [0.15, 0.2) is 30.3 Å². The number of aryl methyl sites for hydroxylation is 2. The van der Waals surface area contributed by atoms with Crippen molar-refractivity contribution in [3.63, 3.8) is 0 Å². The van der Waals surface area contributed by atoms with Crippen molar-refractivity contribution in [3.8, 4) is 11.1 Å². The number of aromatic nitrogens is 2. The highest BCUT2D eigenvalue weighted by molar-refractivity contribution is 5.93. The fourth-order valence-corrected chi connectivity index (χ4v) is 4.41. The third kappa shape index (κ3) is 2.75. The van der Waals surface area contributed by atoms with E-state index in [4.69, 9.17) is 5.10 Å². The van der Waals surface area contributed by atoms with Gasteiger partial charge in [-0.1, -0.05) is 18.2 Å². The van der Waals surface area contributed by atoms with Gasteiger partial charge in [-0.3, -0.25) is 9.48 Å². The number of carbonyl (C=O) groups is 1. The molecule has 5 rings (SSSR count). The molecule has 0 amide bonds. The summed E-state index contributed by atoms with van der Waals surface area (Å²) in [5, 5.41) is 9.67. The first-order valence-corrected chi connectivity index (χ1v) is 9.89. The Labute approximate surface area is 159 Å². The molecule has 0 unspecified atom stereocenters. The van der Waals surface area contributed by atoms with Crippen LogP contribution in [0.25, 0.3) is 22.0 Å². The molecular formula is C23H25N3O. The zero-order valence-corrected chi connectivity index (χ0v) is 16.2. The van der Waals surface area contributed by atoms with Crippen LogP contribution in [-0.2, 0) is 18.3 Å². The quantitative estimate of drug-likeness (QED) is 0.719. The number of anilines is 1. The number of rotatable bonds is 2. The van der Waals surface area contributed by atoms with E-state index in [1.807, 2.05) is 11.7 Å². The van der Waals surface area contributed by atoms with Gasteiger partial charge >= 0.3 is 0 Å². The highest BCUT2D eigenvalue weighted by Crippen LogP contribution is 2.44. The molecule has 4 heteroatoms. The van der Waals surface area contributed by atoms with Crippen LogP contribution < -0.4 is 5.32 Å². The van der Waals surface area contributed by atoms with Crippen LogP contribution in [0, 0.1) is 6.92 Å². The molecule has 4 nitrogen and oxygen atoms in total. The van der Waals surface area contributed by atoms with Crippen molar-refractivity contribution in [3.05, 3.63) is 47.2 Å². The van der Waals surface area contributed by atoms with Gasteiger partial charge < -0.3 is 5.32 Å². The second-order valence-corrected chi connectivity index (χ2v) is 8.26. The summed E-state index contributed by atoms with van der Waals surface area (Å²) >= 11 is 0. The van der Waals surface area contributed by atoms with E-state index in [0.717, 1.165) is 11.3 Å². The summed E-state index contributed by atoms with van der Waals surface area (Å²) < 4.78 is 2.00. The minimum absolute atomic E-state index is 0.156. The Balaban J connectivity index is 1.70. The Bertz CT molecular complexity index is 1070. The van der Waals surface area contributed by atoms with E-state index >= 15 is 0 Å². The summed E-state index contributed by atoms with van der Waals surface area (Å²) in [5.41, 5.74) is 8.27. The molecule has 138 valence electrons. The number of ketones is 1. The van der Waals surface area contributed by atoms with Crippen molar-refractivity contribution < 1.29 is 4.79 Å². The number of Topliss-reactive ketones (excluding diaryl/α,β-unsaturated/α-hetero) is 1. The number of nitrogens with zero attached hydrogens (tertiary/aromatic N) is 2. The molecule has 0 spiro atoms. The van der Waals surface area contributed by atoms with E-state index in [9.17, 15) is 4.79 Å². The lowest BCUT2D eigenvalue weighted by Gasteiger charge is -2.19. The van der Waals surface area contributed by atoms with Crippen LogP contribution in [0.1, 0.15) is 48.9 Å². The van der Waals surface area contributed by atoms with Gasteiger partial charge in [0.15, 0.2) is 0 Å². The smallest absolute Gasteiger partial charge is 0.139 e. The van der Waals surface area contributed by atoms with Crippen LogP contribution in [-0.4, -0.2) is 21.6 Å². The molecule has 2 aliphatic rings. The Kier molecular flexibility index (Phi) is 3.64. The molecule has 0 saturated heterocycles. The summed E-state index contributed by atoms with van der Waals surface area (Å²) in [6.07, 6.45) is 3.60. The molecule has 2 aromatic carbocycles. The van der Waals surface area contributed by atoms with E-state index in [2.05, 4.69) is 49.5 Å². The first-order chi connectivity index (χ1) is 13.0. The van der Waals surface area contributed by atoms with Crippen molar-refractivity contribution in [1.29, 1.82) is 0 Å². The van der Waals surface area contributed by atoms with Gasteiger partial charge in [-0.05, 0) is 55.5 Å². The van der Waals surface area contributed by atoms with Crippen molar-refractivity contribution >= 4 is 22.4 Å². The monoisotopic (exact) mass is 359 g/mol. The summed E-state index contributed by atoms with van der Waals surface area (Å²) in [7, 11) is 2.03. The summed E-state index contributed by atoms with van der Waals surface area (Å²) in [6, 6.07) is 11.2. The van der Waals surface area contributed by atoms with Crippen LogP contribution in [0.2, 0.25) is 0 Å². The van der Waals surface area contributed by atoms with Gasteiger partial charge in [0, 0.05) is 48.5 Å². The summed E-state index contributed by atoms with van der Waals surface area (Å²) in [4.78, 5) is 12.3. The Morgan fingerprint density at radius 1 is 1.19 bits per heavy atom. The Morgan fingerprint density at radius 3 is 2.78 bits per heavy atom. The third-order valence-electron chi connectivity index (χ3n) is 6.00. The molecule has 1 fully saturated rings. The maximum absolute atomic E-state index is 12.3. The molecule has 0 bridgehead atoms. The lowest BCUT2D eigenvalue weighted by molar-refractivity contribution is -0.118. The molecule has 2 heterocycles. The molecule has 1 aliphatic heterocycles. The zero-order chi connectivity index (χ0) is 18.7. The third-order valence-corrected chi connectivity index (χ3v) is 6.00. The predicted molar refractivity (Wildman–Crippen MR) is 109 cm³/mol. The minimum atomic E-state index is 0.156. The van der Waals surface area contributed by atoms with Crippen LogP contribution >= 0.6 is 0 Å². The van der Waals surface area contributed by atoms with Crippen LogP contribution in [0.5, 0.6) is 0 Å². The molecule has 27 heavy (non-hydrogen) atoms. The molecule has 3 aromatic rings. The lowest BCUT2D eigenvalue weighted by atomic mass is 9.93. The first-order valence-electron chi connectivity index (χ1n) is 9.89. The van der Waals surface area contributed by atoms with E-state index < -0.39 is 0 Å². The largest absolute Gasteiger partial charge is 0.381 e.